The summed E-state index contributed by atoms with van der Waals surface area (Å²) in [7, 11) is -2.73. The number of hydrogen-bond acceptors (Lipinski definition) is 4. The summed E-state index contributed by atoms with van der Waals surface area (Å²) in [5, 5.41) is 2.47. The van der Waals surface area contributed by atoms with Crippen LogP contribution < -0.4 is 10.4 Å². The van der Waals surface area contributed by atoms with E-state index in [4.69, 9.17) is 18.6 Å². The van der Waals surface area contributed by atoms with Crippen LogP contribution in [0.1, 0.15) is 54.4 Å². The van der Waals surface area contributed by atoms with E-state index in [9.17, 15) is 0 Å². The Labute approximate surface area is 193 Å². The summed E-state index contributed by atoms with van der Waals surface area (Å²) >= 11 is 0. The van der Waals surface area contributed by atoms with Crippen molar-refractivity contribution in [1.82, 2.24) is 0 Å². The van der Waals surface area contributed by atoms with E-state index in [1.165, 1.54) is 10.4 Å². The van der Waals surface area contributed by atoms with Crippen molar-refractivity contribution >= 4 is 18.7 Å². The number of fused-ring (bicyclic) bond motifs is 1. The van der Waals surface area contributed by atoms with Crippen molar-refractivity contribution in [3.63, 3.8) is 0 Å². The molecular weight excluding hydrogens is 416 g/mol. The summed E-state index contributed by atoms with van der Waals surface area (Å²) in [6.07, 6.45) is 1.33. The van der Waals surface area contributed by atoms with Gasteiger partial charge in [0.15, 0.2) is 12.1 Å². The van der Waals surface area contributed by atoms with Gasteiger partial charge in [-0.15, -0.1) is 0 Å². The molecule has 0 amide bonds. The first-order valence-electron chi connectivity index (χ1n) is 12.0. The lowest BCUT2D eigenvalue weighted by molar-refractivity contribution is -0.221. The van der Waals surface area contributed by atoms with Gasteiger partial charge in [0.1, 0.15) is 17.8 Å². The average Bonchev–Trinajstić information content (AvgIpc) is 3.28. The molecular formula is C27H36O4Si. The summed E-state index contributed by atoms with van der Waals surface area (Å²) in [5.41, 5.74) is -0.312. The molecule has 0 N–H and O–H groups in total. The molecule has 0 aromatic heterocycles. The fourth-order valence-corrected chi connectivity index (χ4v) is 10.7. The smallest absolute Gasteiger partial charge is 0.261 e. The molecule has 2 aromatic carbocycles. The molecule has 2 saturated heterocycles. The van der Waals surface area contributed by atoms with Gasteiger partial charge in [-0.1, -0.05) is 94.8 Å². The molecule has 3 aliphatic rings. The molecule has 2 aromatic rings. The van der Waals surface area contributed by atoms with Crippen LogP contribution in [0.15, 0.2) is 60.7 Å². The van der Waals surface area contributed by atoms with Crippen molar-refractivity contribution in [3.05, 3.63) is 60.7 Å². The first kappa shape index (κ1) is 22.3. The zero-order chi connectivity index (χ0) is 22.8. The fourth-order valence-electron chi connectivity index (χ4n) is 5.97. The lowest BCUT2D eigenvalue weighted by atomic mass is 10.1. The largest absolute Gasteiger partial charge is 0.399 e. The Kier molecular flexibility index (Phi) is 5.23. The average molecular weight is 453 g/mol. The predicted molar refractivity (Wildman–Crippen MR) is 129 cm³/mol. The van der Waals surface area contributed by atoms with Gasteiger partial charge in [-0.05, 0) is 41.6 Å². The number of benzene rings is 2. The van der Waals surface area contributed by atoms with E-state index in [0.29, 0.717) is 5.92 Å². The monoisotopic (exact) mass is 452 g/mol. The maximum atomic E-state index is 7.56. The second-order valence-electron chi connectivity index (χ2n) is 11.1. The minimum atomic E-state index is -2.73. The molecule has 5 rings (SSSR count). The molecule has 3 fully saturated rings. The van der Waals surface area contributed by atoms with Crippen LogP contribution in [-0.4, -0.2) is 38.2 Å². The Morgan fingerprint density at radius 3 is 1.94 bits per heavy atom. The van der Waals surface area contributed by atoms with Gasteiger partial charge in [0.2, 0.25) is 0 Å². The van der Waals surface area contributed by atoms with Crippen molar-refractivity contribution in [3.8, 4) is 0 Å². The third kappa shape index (κ3) is 3.33. The molecule has 1 saturated carbocycles. The van der Waals surface area contributed by atoms with Crippen molar-refractivity contribution in [1.29, 1.82) is 0 Å². The van der Waals surface area contributed by atoms with E-state index in [2.05, 4.69) is 88.4 Å². The highest BCUT2D eigenvalue weighted by Gasteiger charge is 2.73. The van der Waals surface area contributed by atoms with Crippen molar-refractivity contribution in [2.75, 3.05) is 0 Å². The lowest BCUT2D eigenvalue weighted by Crippen LogP contribution is -2.69. The maximum absolute atomic E-state index is 7.56. The van der Waals surface area contributed by atoms with Gasteiger partial charge >= 0.3 is 0 Å². The molecule has 5 atom stereocenters. The van der Waals surface area contributed by atoms with Crippen LogP contribution >= 0.6 is 0 Å². The second-order valence-corrected chi connectivity index (χ2v) is 15.3. The minimum Gasteiger partial charge on any atom is -0.399 e. The highest BCUT2D eigenvalue weighted by atomic mass is 28.4. The third-order valence-electron chi connectivity index (χ3n) is 7.51. The van der Waals surface area contributed by atoms with Gasteiger partial charge in [-0.25, -0.2) is 0 Å². The molecule has 32 heavy (non-hydrogen) atoms. The van der Waals surface area contributed by atoms with Gasteiger partial charge in [0.25, 0.3) is 8.32 Å². The highest BCUT2D eigenvalue weighted by molar-refractivity contribution is 6.99. The van der Waals surface area contributed by atoms with Crippen LogP contribution in [0.3, 0.4) is 0 Å². The Hall–Kier alpha value is -1.50. The van der Waals surface area contributed by atoms with Crippen molar-refractivity contribution in [2.24, 2.45) is 5.92 Å². The fraction of sp³-hybridized carbons (Fsp3) is 0.556. The molecule has 2 unspecified atom stereocenters. The van der Waals surface area contributed by atoms with Gasteiger partial charge in [-0.3, -0.25) is 0 Å². The van der Waals surface area contributed by atoms with Crippen molar-refractivity contribution < 1.29 is 18.6 Å². The van der Waals surface area contributed by atoms with E-state index < -0.39 is 14.1 Å². The van der Waals surface area contributed by atoms with Crippen LogP contribution in [0.25, 0.3) is 0 Å². The molecule has 5 heteroatoms. The SMILES string of the molecule is CCC1C[C@@]12O[C@@H]1OC(C)(C)OC1[C@H]2O[Si](c1ccccc1)(c1ccccc1)C(C)(C)C. The molecule has 0 bridgehead atoms. The van der Waals surface area contributed by atoms with Crippen LogP contribution in [0, 0.1) is 5.92 Å². The Balaban J connectivity index is 1.66. The molecule has 2 aliphatic heterocycles. The molecule has 1 spiro atoms. The molecule has 172 valence electrons. The first-order valence-corrected chi connectivity index (χ1v) is 13.9. The zero-order valence-corrected chi connectivity index (χ0v) is 21.1. The van der Waals surface area contributed by atoms with Crippen LogP contribution in [0.4, 0.5) is 0 Å². The zero-order valence-electron chi connectivity index (χ0n) is 20.1. The number of hydrogen-bond donors (Lipinski definition) is 0. The topological polar surface area (TPSA) is 36.9 Å². The summed E-state index contributed by atoms with van der Waals surface area (Å²) in [4.78, 5) is 0. The predicted octanol–water partition coefficient (Wildman–Crippen LogP) is 4.61. The van der Waals surface area contributed by atoms with Gasteiger partial charge in [0.05, 0.1) is 0 Å². The van der Waals surface area contributed by atoms with Crippen LogP contribution in [0.5, 0.6) is 0 Å². The maximum Gasteiger partial charge on any atom is 0.261 e. The van der Waals surface area contributed by atoms with Crippen LogP contribution in [0.2, 0.25) is 5.04 Å². The number of rotatable bonds is 5. The third-order valence-corrected chi connectivity index (χ3v) is 12.5. The Morgan fingerprint density at radius 1 is 0.906 bits per heavy atom. The highest BCUT2D eigenvalue weighted by Crippen LogP contribution is 2.61. The summed E-state index contributed by atoms with van der Waals surface area (Å²) in [6, 6.07) is 21.6. The lowest BCUT2D eigenvalue weighted by Gasteiger charge is -2.46. The molecule has 4 nitrogen and oxygen atoms in total. The van der Waals surface area contributed by atoms with E-state index >= 15 is 0 Å². The Bertz CT molecular complexity index is 915. The van der Waals surface area contributed by atoms with E-state index in [0.717, 1.165) is 12.8 Å². The quantitative estimate of drug-likeness (QED) is 0.621. The normalized spacial score (nSPS) is 33.4. The summed E-state index contributed by atoms with van der Waals surface area (Å²) < 4.78 is 26.8. The molecule has 2 heterocycles. The van der Waals surface area contributed by atoms with Gasteiger partial charge in [-0.2, -0.15) is 0 Å². The summed E-state index contributed by atoms with van der Waals surface area (Å²) in [6.45, 7) is 13.1. The molecule has 1 aliphatic carbocycles. The first-order chi connectivity index (χ1) is 15.1. The minimum absolute atomic E-state index is 0.0967. The van der Waals surface area contributed by atoms with Gasteiger partial charge < -0.3 is 18.6 Å². The van der Waals surface area contributed by atoms with E-state index in [1.54, 1.807) is 0 Å². The summed E-state index contributed by atoms with van der Waals surface area (Å²) in [5.74, 6) is -0.188. The van der Waals surface area contributed by atoms with E-state index in [-0.39, 0.29) is 29.1 Å². The van der Waals surface area contributed by atoms with Crippen molar-refractivity contribution in [2.45, 2.75) is 89.3 Å². The standard InChI is InChI=1S/C27H36O4Si/c1-7-19-18-27(19)23(22-24(30-27)29-26(5,6)28-22)31-32(25(2,3)4,20-14-10-8-11-15-20)21-16-12-9-13-17-21/h8-17,19,22-24H,7,18H2,1-6H3/t19?,22?,23-,24+,27-/m1/s1. The van der Waals surface area contributed by atoms with Gasteiger partial charge in [0, 0.05) is 0 Å². The Morgan fingerprint density at radius 2 is 1.47 bits per heavy atom. The second kappa shape index (κ2) is 7.50. The number of ether oxygens (including phenoxy) is 3. The van der Waals surface area contributed by atoms with E-state index in [1.807, 2.05) is 13.8 Å². The molecule has 0 radical (unpaired) electrons. The van der Waals surface area contributed by atoms with Crippen LogP contribution in [-0.2, 0) is 18.6 Å².